The van der Waals surface area contributed by atoms with Crippen LogP contribution in [0.5, 0.6) is 0 Å². The molecule has 0 saturated carbocycles. The smallest absolute Gasteiger partial charge is 0.407 e. The van der Waals surface area contributed by atoms with Crippen molar-refractivity contribution >= 4 is 41.7 Å². The molecule has 1 fully saturated rings. The minimum Gasteiger partial charge on any atom is -0.467 e. The van der Waals surface area contributed by atoms with Crippen LogP contribution in [-0.4, -0.2) is 85.8 Å². The quantitative estimate of drug-likeness (QED) is 0.208. The summed E-state index contributed by atoms with van der Waals surface area (Å²) < 4.78 is 32.0. The van der Waals surface area contributed by atoms with E-state index in [-0.39, 0.29) is 24.7 Å². The normalized spacial score (nSPS) is 20.9. The Balaban J connectivity index is 1.32. The maximum absolute atomic E-state index is 12.8. The molecule has 12 nitrogen and oxygen atoms in total. The van der Waals surface area contributed by atoms with E-state index in [9.17, 15) is 24.0 Å². The van der Waals surface area contributed by atoms with Gasteiger partial charge in [-0.3, -0.25) is 14.4 Å². The number of hydrogen-bond acceptors (Lipinski definition) is 12. The zero-order chi connectivity index (χ0) is 31.8. The monoisotopic (exact) mass is 629 g/mol. The van der Waals surface area contributed by atoms with Crippen LogP contribution >= 0.6 is 11.8 Å². The van der Waals surface area contributed by atoms with E-state index >= 15 is 0 Å². The molecular weight excluding hydrogens is 594 g/mol. The molecule has 1 heterocycles. The lowest BCUT2D eigenvalue weighted by Crippen LogP contribution is -2.42. The van der Waals surface area contributed by atoms with E-state index < -0.39 is 60.6 Å². The molecule has 5 atom stereocenters. The third-order valence-electron chi connectivity index (χ3n) is 7.11. The highest BCUT2D eigenvalue weighted by Gasteiger charge is 2.50. The standard InChI is InChI=1S/C31H35NO11S/c1-17(33)40-27-26(43-30(42-19(3)35)28(27)41-18(2)34)16-44-14-13-25(29(36)38-4)32-31(37)39-15-24-22-11-7-5-9-20(22)21-10-6-8-12-23(21)24/h5-12,24-28,30H,13-16H2,1-4H3,(H,32,37)/t25-,26+,27+,28+,30?/m0/s1. The Morgan fingerprint density at radius 3 is 1.98 bits per heavy atom. The van der Waals surface area contributed by atoms with Gasteiger partial charge in [0.1, 0.15) is 18.8 Å². The topological polar surface area (TPSA) is 153 Å². The van der Waals surface area contributed by atoms with Crippen LogP contribution in [-0.2, 0) is 47.6 Å². The van der Waals surface area contributed by atoms with E-state index in [4.69, 9.17) is 28.4 Å². The number of esters is 4. The van der Waals surface area contributed by atoms with Crippen molar-refractivity contribution in [2.75, 3.05) is 25.2 Å². The predicted molar refractivity (Wildman–Crippen MR) is 157 cm³/mol. The van der Waals surface area contributed by atoms with Crippen molar-refractivity contribution < 1.29 is 52.4 Å². The van der Waals surface area contributed by atoms with Crippen molar-refractivity contribution in [3.05, 3.63) is 59.7 Å². The van der Waals surface area contributed by atoms with Crippen molar-refractivity contribution in [2.45, 2.75) is 63.8 Å². The number of rotatable bonds is 12. The first-order chi connectivity index (χ1) is 21.1. The van der Waals surface area contributed by atoms with Crippen LogP contribution < -0.4 is 5.32 Å². The summed E-state index contributed by atoms with van der Waals surface area (Å²) in [6.45, 7) is 3.64. The zero-order valence-corrected chi connectivity index (χ0v) is 25.6. The van der Waals surface area contributed by atoms with E-state index in [2.05, 4.69) is 5.32 Å². The van der Waals surface area contributed by atoms with Gasteiger partial charge < -0.3 is 33.7 Å². The Bertz CT molecular complexity index is 1340. The van der Waals surface area contributed by atoms with Crippen molar-refractivity contribution in [1.29, 1.82) is 0 Å². The van der Waals surface area contributed by atoms with Crippen LogP contribution in [0.1, 0.15) is 44.2 Å². The summed E-state index contributed by atoms with van der Waals surface area (Å²) in [5.74, 6) is -2.16. The molecule has 1 aliphatic carbocycles. The van der Waals surface area contributed by atoms with Crippen LogP contribution in [0.15, 0.2) is 48.5 Å². The maximum Gasteiger partial charge on any atom is 0.407 e. The van der Waals surface area contributed by atoms with E-state index in [1.807, 2.05) is 48.5 Å². The molecule has 2 aromatic carbocycles. The first kappa shape index (κ1) is 32.8. The van der Waals surface area contributed by atoms with E-state index in [1.54, 1.807) is 0 Å². The van der Waals surface area contributed by atoms with Gasteiger partial charge in [0.15, 0.2) is 6.10 Å². The molecule has 2 aromatic rings. The van der Waals surface area contributed by atoms with Crippen molar-refractivity contribution in [1.82, 2.24) is 5.32 Å². The molecule has 44 heavy (non-hydrogen) atoms. The van der Waals surface area contributed by atoms with Gasteiger partial charge in [-0.25, -0.2) is 9.59 Å². The number of carbonyl (C=O) groups is 5. The van der Waals surface area contributed by atoms with Gasteiger partial charge >= 0.3 is 30.0 Å². The first-order valence-electron chi connectivity index (χ1n) is 14.0. The minimum atomic E-state index is -1.26. The minimum absolute atomic E-state index is 0.0893. The van der Waals surface area contributed by atoms with Gasteiger partial charge in [0.2, 0.25) is 12.4 Å². The lowest BCUT2D eigenvalue weighted by molar-refractivity contribution is -0.194. The highest BCUT2D eigenvalue weighted by Crippen LogP contribution is 2.44. The number of fused-ring (bicyclic) bond motifs is 3. The fourth-order valence-corrected chi connectivity index (χ4v) is 6.38. The summed E-state index contributed by atoms with van der Waals surface area (Å²) >= 11 is 1.33. The van der Waals surface area contributed by atoms with Crippen LogP contribution in [0.2, 0.25) is 0 Å². The summed E-state index contributed by atoms with van der Waals surface area (Å²) in [4.78, 5) is 60.2. The summed E-state index contributed by atoms with van der Waals surface area (Å²) in [7, 11) is 1.22. The van der Waals surface area contributed by atoms with Crippen molar-refractivity contribution in [3.63, 3.8) is 0 Å². The van der Waals surface area contributed by atoms with Gasteiger partial charge in [-0.2, -0.15) is 11.8 Å². The number of methoxy groups -OCH3 is 1. The number of hydrogen-bond donors (Lipinski definition) is 1. The number of carbonyl (C=O) groups excluding carboxylic acids is 5. The third-order valence-corrected chi connectivity index (χ3v) is 8.20. The summed E-state index contributed by atoms with van der Waals surface area (Å²) in [6, 6.07) is 14.9. The average molecular weight is 630 g/mol. The summed E-state index contributed by atoms with van der Waals surface area (Å²) in [6.07, 6.45) is -4.79. The van der Waals surface area contributed by atoms with Crippen molar-refractivity contribution in [3.8, 4) is 11.1 Å². The molecule has 0 radical (unpaired) electrons. The molecule has 0 bridgehead atoms. The van der Waals surface area contributed by atoms with Crippen LogP contribution in [0.25, 0.3) is 11.1 Å². The number of ether oxygens (including phenoxy) is 6. The lowest BCUT2D eigenvalue weighted by atomic mass is 9.98. The molecule has 236 valence electrons. The Morgan fingerprint density at radius 2 is 1.41 bits per heavy atom. The second-order valence-electron chi connectivity index (χ2n) is 10.2. The molecule has 0 spiro atoms. The second-order valence-corrected chi connectivity index (χ2v) is 11.4. The zero-order valence-electron chi connectivity index (χ0n) is 24.8. The molecule has 2 aliphatic rings. The highest BCUT2D eigenvalue weighted by atomic mass is 32.2. The SMILES string of the molecule is COC(=O)[C@H](CCSC[C@H]1OC(OC(C)=O)[C@H](OC(C)=O)[C@@H]1OC(C)=O)NC(=O)OCC1c2ccccc2-c2ccccc21. The summed E-state index contributed by atoms with van der Waals surface area (Å²) in [5, 5.41) is 2.60. The highest BCUT2D eigenvalue weighted by molar-refractivity contribution is 7.99. The van der Waals surface area contributed by atoms with E-state index in [0.717, 1.165) is 22.3 Å². The molecule has 1 amide bonds. The maximum atomic E-state index is 12.8. The van der Waals surface area contributed by atoms with Crippen LogP contribution in [0.3, 0.4) is 0 Å². The lowest BCUT2D eigenvalue weighted by Gasteiger charge is -2.23. The largest absolute Gasteiger partial charge is 0.467 e. The van der Waals surface area contributed by atoms with Gasteiger partial charge in [-0.05, 0) is 34.4 Å². The molecule has 1 aliphatic heterocycles. The molecule has 1 N–H and O–H groups in total. The number of benzene rings is 2. The Kier molecular flexibility index (Phi) is 11.2. The Labute approximate surface area is 259 Å². The Hall–Kier alpha value is -4.10. The number of nitrogens with one attached hydrogen (secondary N) is 1. The number of amides is 1. The third kappa shape index (κ3) is 8.08. The fourth-order valence-electron chi connectivity index (χ4n) is 5.31. The van der Waals surface area contributed by atoms with Crippen LogP contribution in [0.4, 0.5) is 4.79 Å². The van der Waals surface area contributed by atoms with Crippen molar-refractivity contribution in [2.24, 2.45) is 0 Å². The van der Waals surface area contributed by atoms with E-state index in [1.165, 1.54) is 39.6 Å². The number of thioether (sulfide) groups is 1. The van der Waals surface area contributed by atoms with Gasteiger partial charge in [0.25, 0.3) is 0 Å². The Morgan fingerprint density at radius 1 is 0.841 bits per heavy atom. The average Bonchev–Trinajstić information content (AvgIpc) is 3.46. The predicted octanol–water partition coefficient (Wildman–Crippen LogP) is 3.34. The molecule has 1 saturated heterocycles. The molecule has 13 heteroatoms. The van der Waals surface area contributed by atoms with Gasteiger partial charge in [-0.1, -0.05) is 48.5 Å². The molecular formula is C31H35NO11S. The van der Waals surface area contributed by atoms with Crippen LogP contribution in [0, 0.1) is 0 Å². The molecule has 4 rings (SSSR count). The molecule has 0 aromatic heterocycles. The van der Waals surface area contributed by atoms with E-state index in [0.29, 0.717) is 5.75 Å². The summed E-state index contributed by atoms with van der Waals surface area (Å²) in [5.41, 5.74) is 4.33. The first-order valence-corrected chi connectivity index (χ1v) is 15.2. The van der Waals surface area contributed by atoms with Gasteiger partial charge in [-0.15, -0.1) is 0 Å². The second kappa shape index (κ2) is 15.1. The van der Waals surface area contributed by atoms with Gasteiger partial charge in [0, 0.05) is 32.4 Å². The fraction of sp³-hybridized carbons (Fsp3) is 0.452. The molecule has 1 unspecified atom stereocenters. The van der Waals surface area contributed by atoms with Gasteiger partial charge in [0.05, 0.1) is 7.11 Å². The number of alkyl carbamates (subject to hydrolysis) is 1.